The van der Waals surface area contributed by atoms with E-state index in [0.29, 0.717) is 0 Å². The summed E-state index contributed by atoms with van der Waals surface area (Å²) in [6, 6.07) is 0. The molecule has 0 heterocycles. The molecule has 0 amide bonds. The molecular formula is H5ClNOTi-. The predicted octanol–water partition coefficient (Wildman–Crippen LogP) is -2.80. The van der Waals surface area contributed by atoms with Crippen LogP contribution in [0.3, 0.4) is 0 Å². The van der Waals surface area contributed by atoms with Crippen molar-refractivity contribution < 1.29 is 39.6 Å². The molecular weight excluding hydrogens is 113 g/mol. The van der Waals surface area contributed by atoms with Crippen molar-refractivity contribution in [2.45, 2.75) is 0 Å². The molecule has 0 rings (SSSR count). The Morgan fingerprint density at radius 3 is 1.00 bits per heavy atom. The number of hydrogen-bond acceptors (Lipinski definition) is 1. The molecule has 4 heteroatoms. The van der Waals surface area contributed by atoms with Crippen molar-refractivity contribution in [1.29, 1.82) is 0 Å². The smallest absolute Gasteiger partial charge is 0 e. The summed E-state index contributed by atoms with van der Waals surface area (Å²) in [6.07, 6.45) is 0. The second-order valence-electron chi connectivity index (χ2n) is 0. The fourth-order valence-corrected chi connectivity index (χ4v) is 0. The molecule has 0 atom stereocenters. The Kier molecular flexibility index (Phi) is 872. The van der Waals surface area contributed by atoms with Crippen LogP contribution in [-0.4, -0.2) is 5.48 Å². The Hall–Kier alpha value is 0.924. The van der Waals surface area contributed by atoms with Gasteiger partial charge in [0.15, 0.2) is 0 Å². The van der Waals surface area contributed by atoms with Crippen LogP contribution in [0.4, 0.5) is 0 Å². The summed E-state index contributed by atoms with van der Waals surface area (Å²) in [7, 11) is 0. The van der Waals surface area contributed by atoms with E-state index in [1.165, 1.54) is 0 Å². The minimum absolute atomic E-state index is 0. The zero-order chi connectivity index (χ0) is 0. The molecule has 0 bridgehead atoms. The van der Waals surface area contributed by atoms with Crippen LogP contribution in [0.2, 0.25) is 0 Å². The first-order chi connectivity index (χ1) is 0. The summed E-state index contributed by atoms with van der Waals surface area (Å²) in [5, 5.41) is 0. The molecule has 0 aromatic heterocycles. The van der Waals surface area contributed by atoms with Crippen molar-refractivity contribution in [3.05, 3.63) is 0 Å². The third-order valence-electron chi connectivity index (χ3n) is 0. The summed E-state index contributed by atoms with van der Waals surface area (Å²) in [5.41, 5.74) is 0. The Labute approximate surface area is 46.1 Å². The van der Waals surface area contributed by atoms with Gasteiger partial charge in [0.2, 0.25) is 0 Å². The van der Waals surface area contributed by atoms with Gasteiger partial charge in [0.25, 0.3) is 0 Å². The van der Waals surface area contributed by atoms with E-state index >= 15 is 0 Å². The maximum Gasteiger partial charge on any atom is 0 e. The van der Waals surface area contributed by atoms with Gasteiger partial charge in [-0.2, -0.15) is 0 Å². The van der Waals surface area contributed by atoms with E-state index in [2.05, 4.69) is 0 Å². The van der Waals surface area contributed by atoms with E-state index in [-0.39, 0.29) is 45.8 Å². The standard InChI is InChI=1S/ClH.H3N.H2O.Ti/h1H;1H3;1H2;/p-1. The summed E-state index contributed by atoms with van der Waals surface area (Å²) in [4.78, 5) is 0. The summed E-state index contributed by atoms with van der Waals surface area (Å²) < 4.78 is 0. The Morgan fingerprint density at radius 1 is 1.00 bits per heavy atom. The molecule has 0 aliphatic rings. The second kappa shape index (κ2) is 39.3. The van der Waals surface area contributed by atoms with Crippen molar-refractivity contribution in [3.63, 3.8) is 0 Å². The van der Waals surface area contributed by atoms with Crippen LogP contribution >= 0.6 is 0 Å². The van der Waals surface area contributed by atoms with E-state index in [1.807, 2.05) is 0 Å². The third kappa shape index (κ3) is 12.7. The molecule has 28 valence electrons. The molecule has 0 unspecified atom stereocenters. The summed E-state index contributed by atoms with van der Waals surface area (Å²) >= 11 is 0. The molecule has 0 aromatic rings. The maximum absolute atomic E-state index is 0. The molecule has 0 aromatic carbocycles. The SMILES string of the molecule is [Cl-].[NH4+].[OH-].[Ti]. The van der Waals surface area contributed by atoms with Crippen molar-refractivity contribution in [2.24, 2.45) is 0 Å². The molecule has 2 nitrogen and oxygen atoms in total. The Balaban J connectivity index is 0. The van der Waals surface area contributed by atoms with Crippen molar-refractivity contribution in [3.8, 4) is 0 Å². The molecule has 5 N–H and O–H groups in total. The topological polar surface area (TPSA) is 66.5 Å². The third-order valence-corrected chi connectivity index (χ3v) is 0. The van der Waals surface area contributed by atoms with Gasteiger partial charge in [-0.1, -0.05) is 0 Å². The monoisotopic (exact) mass is 118 g/mol. The summed E-state index contributed by atoms with van der Waals surface area (Å²) in [6.45, 7) is 0. The molecule has 0 fully saturated rings. The maximum atomic E-state index is 0. The van der Waals surface area contributed by atoms with Gasteiger partial charge in [-0.25, -0.2) is 0 Å². The van der Waals surface area contributed by atoms with Crippen LogP contribution in [0.1, 0.15) is 0 Å². The van der Waals surface area contributed by atoms with E-state index in [1.54, 1.807) is 0 Å². The molecule has 0 aliphatic heterocycles. The van der Waals surface area contributed by atoms with Gasteiger partial charge in [0, 0.05) is 21.7 Å². The number of hydrogen-bond donors (Lipinski definition) is 1. The van der Waals surface area contributed by atoms with Crippen LogP contribution < -0.4 is 18.6 Å². The van der Waals surface area contributed by atoms with E-state index in [9.17, 15) is 0 Å². The normalized spacial score (nSPS) is 0. The fraction of sp³-hybridized carbons (Fsp3) is 0. The van der Waals surface area contributed by atoms with Crippen LogP contribution in [0.15, 0.2) is 0 Å². The van der Waals surface area contributed by atoms with Gasteiger partial charge >= 0.3 is 0 Å². The average molecular weight is 118 g/mol. The molecule has 0 saturated heterocycles. The van der Waals surface area contributed by atoms with Gasteiger partial charge in [0.05, 0.1) is 0 Å². The van der Waals surface area contributed by atoms with Crippen LogP contribution in [-0.2, 0) is 21.7 Å². The molecule has 0 aliphatic carbocycles. The van der Waals surface area contributed by atoms with Crippen molar-refractivity contribution in [1.82, 2.24) is 6.15 Å². The predicted molar refractivity (Wildman–Crippen MR) is 7.92 cm³/mol. The minimum atomic E-state index is 0. The van der Waals surface area contributed by atoms with Gasteiger partial charge < -0.3 is 24.0 Å². The zero-order valence-electron chi connectivity index (χ0n) is 2.33. The largest absolute Gasteiger partial charge is 1.00 e. The number of rotatable bonds is 0. The average Bonchev–Trinajstić information content (AvgIpc) is 0. The van der Waals surface area contributed by atoms with Crippen LogP contribution in [0, 0.1) is 0 Å². The van der Waals surface area contributed by atoms with Gasteiger partial charge in [-0.15, -0.1) is 0 Å². The Bertz CT molecular complexity index is 8.00. The second-order valence-corrected chi connectivity index (χ2v) is 0. The zero-order valence-corrected chi connectivity index (χ0v) is 4.64. The first-order valence-electron chi connectivity index (χ1n) is 0. The first kappa shape index (κ1) is 88.8. The quantitative estimate of drug-likeness (QED) is 0.343. The van der Waals surface area contributed by atoms with E-state index in [0.717, 1.165) is 0 Å². The van der Waals surface area contributed by atoms with E-state index < -0.39 is 0 Å². The number of quaternary nitrogens is 1. The van der Waals surface area contributed by atoms with Gasteiger partial charge in [-0.05, 0) is 0 Å². The molecule has 0 radical (unpaired) electrons. The first-order valence-corrected chi connectivity index (χ1v) is 0. The van der Waals surface area contributed by atoms with Crippen LogP contribution in [0.5, 0.6) is 0 Å². The number of halogens is 1. The summed E-state index contributed by atoms with van der Waals surface area (Å²) in [5.74, 6) is 0. The molecule has 0 saturated carbocycles. The van der Waals surface area contributed by atoms with Crippen molar-refractivity contribution in [2.75, 3.05) is 0 Å². The van der Waals surface area contributed by atoms with E-state index in [4.69, 9.17) is 0 Å². The minimum Gasteiger partial charge on any atom is -1.00 e. The van der Waals surface area contributed by atoms with Gasteiger partial charge in [0.1, 0.15) is 0 Å². The van der Waals surface area contributed by atoms with Crippen LogP contribution in [0.25, 0.3) is 0 Å². The molecule has 0 spiro atoms. The molecule has 4 heavy (non-hydrogen) atoms. The van der Waals surface area contributed by atoms with Crippen molar-refractivity contribution >= 4 is 0 Å². The van der Waals surface area contributed by atoms with Gasteiger partial charge in [-0.3, -0.25) is 0 Å². The Morgan fingerprint density at radius 2 is 1.00 bits per heavy atom. The fourth-order valence-electron chi connectivity index (χ4n) is 0.